The number of phenols is 1. The average Bonchev–Trinajstić information content (AvgIpc) is 2.96. The Balaban J connectivity index is 1.60. The summed E-state index contributed by atoms with van der Waals surface area (Å²) in [4.78, 5) is 18.0. The predicted molar refractivity (Wildman–Crippen MR) is 98.7 cm³/mol. The van der Waals surface area contributed by atoms with Gasteiger partial charge >= 0.3 is 0 Å². The Morgan fingerprint density at radius 1 is 1.24 bits per heavy atom. The molecule has 25 heavy (non-hydrogen) atoms. The van der Waals surface area contributed by atoms with Crippen LogP contribution >= 0.6 is 8.73 Å². The normalized spacial score (nSPS) is 29.1. The predicted octanol–water partition coefficient (Wildman–Crippen LogP) is 1.91. The zero-order chi connectivity index (χ0) is 17.1. The molecule has 1 amide bonds. The summed E-state index contributed by atoms with van der Waals surface area (Å²) in [5, 5.41) is 15.9. The largest absolute Gasteiger partial charge is 0.506 e. The van der Waals surface area contributed by atoms with Gasteiger partial charge in [-0.2, -0.15) is 5.10 Å². The maximum absolute atomic E-state index is 13.4. The van der Waals surface area contributed by atoms with E-state index < -0.39 is 0 Å². The summed E-state index contributed by atoms with van der Waals surface area (Å²) in [5.74, 6) is 0.960. The smallest absolute Gasteiger partial charge is 0.254 e. The molecule has 2 bridgehead atoms. The van der Waals surface area contributed by atoms with Gasteiger partial charge in [-0.05, 0) is 50.6 Å². The van der Waals surface area contributed by atoms with Crippen molar-refractivity contribution in [1.29, 1.82) is 0 Å². The van der Waals surface area contributed by atoms with Gasteiger partial charge in [0.25, 0.3) is 5.91 Å². The van der Waals surface area contributed by atoms with Crippen molar-refractivity contribution < 1.29 is 9.90 Å². The molecule has 0 aliphatic carbocycles. The van der Waals surface area contributed by atoms with Crippen LogP contribution in [-0.2, 0) is 6.42 Å². The number of nitrogens with zero attached hydrogens (tertiary/aromatic N) is 4. The van der Waals surface area contributed by atoms with Crippen LogP contribution in [0.5, 0.6) is 5.75 Å². The minimum atomic E-state index is 0.112. The molecule has 5 heterocycles. The summed E-state index contributed by atoms with van der Waals surface area (Å²) in [6.45, 7) is 6.12. The molecule has 132 valence electrons. The molecule has 0 radical (unpaired) electrons. The molecule has 2 atom stereocenters. The van der Waals surface area contributed by atoms with Crippen LogP contribution in [0.25, 0.3) is 10.9 Å². The van der Waals surface area contributed by atoms with E-state index in [4.69, 9.17) is 5.10 Å². The third-order valence-electron chi connectivity index (χ3n) is 6.19. The van der Waals surface area contributed by atoms with Crippen molar-refractivity contribution in [1.82, 2.24) is 19.4 Å². The van der Waals surface area contributed by atoms with E-state index >= 15 is 0 Å². The van der Waals surface area contributed by atoms with Crippen LogP contribution in [0.15, 0.2) is 12.1 Å². The number of amides is 1. The van der Waals surface area contributed by atoms with Crippen molar-refractivity contribution in [3.05, 3.63) is 23.4 Å². The number of phenolic OH excluding ortho intramolecular Hbond substituents is 1. The zero-order valence-electron chi connectivity index (χ0n) is 14.4. The van der Waals surface area contributed by atoms with Crippen molar-refractivity contribution in [2.24, 2.45) is 5.92 Å². The molecule has 3 fully saturated rings. The molecule has 2 aromatic rings. The molecule has 1 aromatic carbocycles. The molecule has 4 aliphatic heterocycles. The van der Waals surface area contributed by atoms with Crippen LogP contribution in [-0.4, -0.2) is 69.3 Å². The molecule has 0 spiro atoms. The second-order valence-corrected chi connectivity index (χ2v) is 8.26. The maximum Gasteiger partial charge on any atom is 0.254 e. The first-order valence-electron chi connectivity index (χ1n) is 9.12. The Morgan fingerprint density at radius 3 is 2.72 bits per heavy atom. The van der Waals surface area contributed by atoms with Crippen LogP contribution in [0, 0.1) is 5.92 Å². The van der Waals surface area contributed by atoms with Gasteiger partial charge in [0.1, 0.15) is 11.3 Å². The molecular formula is C18H23N4O2P. The Hall–Kier alpha value is -1.65. The molecule has 3 saturated heterocycles. The lowest BCUT2D eigenvalue weighted by atomic mass is 9.83. The number of aromatic hydroxyl groups is 1. The van der Waals surface area contributed by atoms with E-state index in [0.717, 1.165) is 36.1 Å². The van der Waals surface area contributed by atoms with Crippen molar-refractivity contribution in [3.8, 4) is 5.75 Å². The van der Waals surface area contributed by atoms with Crippen molar-refractivity contribution in [2.75, 3.05) is 32.8 Å². The van der Waals surface area contributed by atoms with E-state index in [1.165, 1.54) is 25.9 Å². The van der Waals surface area contributed by atoms with Crippen molar-refractivity contribution in [3.63, 3.8) is 0 Å². The van der Waals surface area contributed by atoms with Crippen LogP contribution in [0.1, 0.15) is 28.9 Å². The summed E-state index contributed by atoms with van der Waals surface area (Å²) < 4.78 is 1.85. The first-order chi connectivity index (χ1) is 12.2. The summed E-state index contributed by atoms with van der Waals surface area (Å²) in [6.07, 6.45) is 3.17. The topological polar surface area (TPSA) is 61.6 Å². The highest BCUT2D eigenvalue weighted by atomic mass is 31.1. The van der Waals surface area contributed by atoms with E-state index in [0.29, 0.717) is 26.3 Å². The SMILES string of the molecule is CPn1nc2c3c(ccc(O)c31)C(=O)N([C@@H]1CN3CCC1CC3)CC2. The summed E-state index contributed by atoms with van der Waals surface area (Å²) in [7, 11) is 0.432. The van der Waals surface area contributed by atoms with Gasteiger partial charge in [0, 0.05) is 39.7 Å². The van der Waals surface area contributed by atoms with Gasteiger partial charge in [0.15, 0.2) is 0 Å². The first-order valence-corrected chi connectivity index (χ1v) is 10.6. The van der Waals surface area contributed by atoms with Gasteiger partial charge in [-0.25, -0.2) is 4.45 Å². The highest BCUT2D eigenvalue weighted by Gasteiger charge is 2.41. The number of rotatable bonds is 2. The van der Waals surface area contributed by atoms with E-state index in [1.54, 1.807) is 12.1 Å². The van der Waals surface area contributed by atoms with Gasteiger partial charge in [0.05, 0.1) is 11.3 Å². The number of carbonyl (C=O) groups excluding carboxylic acids is 1. The minimum Gasteiger partial charge on any atom is -0.506 e. The standard InChI is InChI=1S/C18H23N4O2P/c1-25-22-17-15(23)3-2-12-16(17)13(19-22)6-9-21(18(12)24)14-10-20-7-4-11(14)5-8-20/h2-3,11,14,23,25H,4-10H2,1H3/t14-/m1/s1. The monoisotopic (exact) mass is 358 g/mol. The van der Waals surface area contributed by atoms with Gasteiger partial charge in [-0.3, -0.25) is 4.79 Å². The lowest BCUT2D eigenvalue weighted by Crippen LogP contribution is -2.58. The molecule has 1 aromatic heterocycles. The third-order valence-corrected chi connectivity index (χ3v) is 6.94. The average molecular weight is 358 g/mol. The lowest BCUT2D eigenvalue weighted by molar-refractivity contribution is 0.00821. The second kappa shape index (κ2) is 5.68. The fraction of sp³-hybridized carbons (Fsp3) is 0.556. The molecular weight excluding hydrogens is 335 g/mol. The van der Waals surface area contributed by atoms with Crippen LogP contribution < -0.4 is 0 Å². The van der Waals surface area contributed by atoms with E-state index in [9.17, 15) is 9.90 Å². The highest BCUT2D eigenvalue weighted by molar-refractivity contribution is 7.35. The van der Waals surface area contributed by atoms with Gasteiger partial charge in [-0.1, -0.05) is 0 Å². The second-order valence-electron chi connectivity index (χ2n) is 7.39. The van der Waals surface area contributed by atoms with Gasteiger partial charge in [-0.15, -0.1) is 0 Å². The molecule has 4 aliphatic rings. The molecule has 1 N–H and O–H groups in total. The highest BCUT2D eigenvalue weighted by Crippen LogP contribution is 2.38. The Morgan fingerprint density at radius 2 is 2.04 bits per heavy atom. The van der Waals surface area contributed by atoms with Crippen LogP contribution in [0.2, 0.25) is 0 Å². The fourth-order valence-corrected chi connectivity index (χ4v) is 5.58. The first kappa shape index (κ1) is 15.6. The van der Waals surface area contributed by atoms with Gasteiger partial charge < -0.3 is 14.9 Å². The number of fused-ring (bicyclic) bond motifs is 3. The number of hydrogen-bond donors (Lipinski definition) is 1. The van der Waals surface area contributed by atoms with E-state index in [2.05, 4.69) is 9.80 Å². The third kappa shape index (κ3) is 2.24. The van der Waals surface area contributed by atoms with E-state index in [-0.39, 0.29) is 11.7 Å². The minimum absolute atomic E-state index is 0.112. The lowest BCUT2D eigenvalue weighted by Gasteiger charge is -2.49. The molecule has 6 nitrogen and oxygen atoms in total. The Labute approximate surface area is 148 Å². The quantitative estimate of drug-likeness (QED) is 0.833. The van der Waals surface area contributed by atoms with Crippen molar-refractivity contribution in [2.45, 2.75) is 25.3 Å². The Kier molecular flexibility index (Phi) is 3.54. The molecule has 6 rings (SSSR count). The number of aromatic nitrogens is 2. The number of piperidine rings is 3. The maximum atomic E-state index is 13.4. The molecule has 7 heteroatoms. The molecule has 0 saturated carbocycles. The summed E-state index contributed by atoms with van der Waals surface area (Å²) in [5.41, 5.74) is 2.38. The summed E-state index contributed by atoms with van der Waals surface area (Å²) in [6, 6.07) is 3.76. The van der Waals surface area contributed by atoms with Crippen LogP contribution in [0.4, 0.5) is 0 Å². The number of hydrogen-bond acceptors (Lipinski definition) is 4. The summed E-state index contributed by atoms with van der Waals surface area (Å²) >= 11 is 0. The molecule has 1 unspecified atom stereocenters. The fourth-order valence-electron chi connectivity index (χ4n) is 4.91. The zero-order valence-corrected chi connectivity index (χ0v) is 15.4. The number of benzene rings is 1. The van der Waals surface area contributed by atoms with Crippen LogP contribution in [0.3, 0.4) is 0 Å². The van der Waals surface area contributed by atoms with Crippen molar-refractivity contribution >= 4 is 25.5 Å². The number of carbonyl (C=O) groups is 1. The van der Waals surface area contributed by atoms with E-state index in [1.807, 2.05) is 11.1 Å². The Bertz CT molecular complexity index is 856. The van der Waals surface area contributed by atoms with Gasteiger partial charge in [0.2, 0.25) is 0 Å².